The fraction of sp³-hybridized carbons (Fsp3) is 0.240. The van der Waals surface area contributed by atoms with Gasteiger partial charge < -0.3 is 10.1 Å². The highest BCUT2D eigenvalue weighted by atomic mass is 35.5. The average Bonchev–Trinajstić information content (AvgIpc) is 2.83. The molecule has 0 saturated heterocycles. The number of aryl methyl sites for hydroxylation is 1. The van der Waals surface area contributed by atoms with Crippen LogP contribution in [-0.4, -0.2) is 40.3 Å². The van der Waals surface area contributed by atoms with Gasteiger partial charge in [-0.15, -0.1) is 11.8 Å². The zero-order valence-corrected chi connectivity index (χ0v) is 22.5. The lowest BCUT2D eigenvalue weighted by atomic mass is 10.2. The fourth-order valence-electron chi connectivity index (χ4n) is 3.20. The highest BCUT2D eigenvalue weighted by molar-refractivity contribution is 7.99. The molecule has 3 aromatic rings. The van der Waals surface area contributed by atoms with Crippen molar-refractivity contribution >= 4 is 56.6 Å². The van der Waals surface area contributed by atoms with Crippen molar-refractivity contribution in [3.8, 4) is 5.75 Å². The van der Waals surface area contributed by atoms with Gasteiger partial charge in [-0.2, -0.15) is 0 Å². The molecule has 35 heavy (non-hydrogen) atoms. The summed E-state index contributed by atoms with van der Waals surface area (Å²) in [6.45, 7) is 1.86. The number of hydrogen-bond donors (Lipinski definition) is 1. The van der Waals surface area contributed by atoms with E-state index in [2.05, 4.69) is 5.32 Å². The maximum Gasteiger partial charge on any atom is 0.264 e. The molecule has 0 saturated carbocycles. The molecule has 1 N–H and O–H groups in total. The second-order valence-electron chi connectivity index (χ2n) is 7.65. The molecule has 0 bridgehead atoms. The number of ether oxygens (including phenoxy) is 1. The Morgan fingerprint density at radius 3 is 2.31 bits per heavy atom. The molecule has 3 aromatic carbocycles. The molecule has 0 atom stereocenters. The van der Waals surface area contributed by atoms with E-state index in [1.165, 1.54) is 25.3 Å². The summed E-state index contributed by atoms with van der Waals surface area (Å²) in [5, 5.41) is 3.82. The van der Waals surface area contributed by atoms with Crippen LogP contribution in [0.4, 0.5) is 5.69 Å². The summed E-state index contributed by atoms with van der Waals surface area (Å²) in [5.41, 5.74) is 1.11. The maximum absolute atomic E-state index is 13.6. The minimum atomic E-state index is -4.07. The first-order valence-electron chi connectivity index (χ1n) is 10.8. The molecule has 0 aromatic heterocycles. The molecule has 0 radical (unpaired) electrons. The topological polar surface area (TPSA) is 75.7 Å². The van der Waals surface area contributed by atoms with E-state index in [-0.39, 0.29) is 16.3 Å². The number of thioether (sulfide) groups is 1. The first-order chi connectivity index (χ1) is 16.7. The normalized spacial score (nSPS) is 11.2. The van der Waals surface area contributed by atoms with Gasteiger partial charge in [-0.1, -0.05) is 40.9 Å². The molecule has 1 amide bonds. The van der Waals surface area contributed by atoms with Crippen LogP contribution in [0.25, 0.3) is 0 Å². The predicted molar refractivity (Wildman–Crippen MR) is 144 cm³/mol. The van der Waals surface area contributed by atoms with Crippen LogP contribution in [0.3, 0.4) is 0 Å². The number of nitrogens with zero attached hydrogens (tertiary/aromatic N) is 1. The second kappa shape index (κ2) is 12.5. The van der Waals surface area contributed by atoms with Crippen molar-refractivity contribution < 1.29 is 17.9 Å². The zero-order valence-electron chi connectivity index (χ0n) is 19.3. The van der Waals surface area contributed by atoms with Crippen molar-refractivity contribution in [1.82, 2.24) is 5.32 Å². The number of anilines is 1. The average molecular weight is 554 g/mol. The summed E-state index contributed by atoms with van der Waals surface area (Å²) in [5.74, 6) is 0.645. The minimum Gasteiger partial charge on any atom is -0.495 e. The van der Waals surface area contributed by atoms with Gasteiger partial charge in [0, 0.05) is 21.5 Å². The number of nitrogens with one attached hydrogen (secondary N) is 1. The quantitative estimate of drug-likeness (QED) is 0.240. The van der Waals surface area contributed by atoms with Crippen molar-refractivity contribution in [1.29, 1.82) is 0 Å². The lowest BCUT2D eigenvalue weighted by Gasteiger charge is -2.26. The number of hydrogen-bond acceptors (Lipinski definition) is 5. The summed E-state index contributed by atoms with van der Waals surface area (Å²) in [6.07, 6.45) is 0.713. The number of carbonyl (C=O) groups is 1. The van der Waals surface area contributed by atoms with Gasteiger partial charge in [0.2, 0.25) is 5.91 Å². The van der Waals surface area contributed by atoms with Gasteiger partial charge >= 0.3 is 0 Å². The first-order valence-corrected chi connectivity index (χ1v) is 14.0. The molecule has 0 aliphatic heterocycles. The molecule has 0 unspecified atom stereocenters. The molecule has 0 heterocycles. The van der Waals surface area contributed by atoms with E-state index in [0.29, 0.717) is 23.0 Å². The van der Waals surface area contributed by atoms with E-state index in [1.54, 1.807) is 36.0 Å². The molecule has 10 heteroatoms. The number of rotatable bonds is 11. The van der Waals surface area contributed by atoms with Crippen molar-refractivity contribution in [3.63, 3.8) is 0 Å². The lowest BCUT2D eigenvalue weighted by Crippen LogP contribution is -2.41. The van der Waals surface area contributed by atoms with Gasteiger partial charge in [0.15, 0.2) is 0 Å². The summed E-state index contributed by atoms with van der Waals surface area (Å²) >= 11 is 13.7. The van der Waals surface area contributed by atoms with Gasteiger partial charge in [0.25, 0.3) is 10.0 Å². The van der Waals surface area contributed by atoms with Crippen LogP contribution < -0.4 is 14.4 Å². The molecule has 6 nitrogen and oxygen atoms in total. The molecule has 0 spiro atoms. The number of methoxy groups -OCH3 is 1. The van der Waals surface area contributed by atoms with Crippen LogP contribution in [0.5, 0.6) is 5.75 Å². The van der Waals surface area contributed by atoms with E-state index in [4.69, 9.17) is 27.9 Å². The van der Waals surface area contributed by atoms with E-state index in [1.807, 2.05) is 31.2 Å². The Morgan fingerprint density at radius 2 is 1.66 bits per heavy atom. The van der Waals surface area contributed by atoms with Gasteiger partial charge in [0.05, 0.1) is 17.7 Å². The number of benzene rings is 3. The van der Waals surface area contributed by atoms with Gasteiger partial charge in [-0.05, 0) is 73.7 Å². The number of amides is 1. The zero-order chi connectivity index (χ0) is 25.4. The monoisotopic (exact) mass is 552 g/mol. The van der Waals surface area contributed by atoms with E-state index >= 15 is 0 Å². The van der Waals surface area contributed by atoms with Crippen molar-refractivity contribution in [2.75, 3.05) is 30.3 Å². The molecular formula is C25H26Cl2N2O4S2. The Labute approximate surface area is 220 Å². The first kappa shape index (κ1) is 27.2. The molecule has 186 valence electrons. The van der Waals surface area contributed by atoms with Crippen molar-refractivity contribution in [2.24, 2.45) is 0 Å². The molecule has 0 fully saturated rings. The second-order valence-corrected chi connectivity index (χ2v) is 11.6. The predicted octanol–water partition coefficient (Wildman–Crippen LogP) is 5.80. The number of carbonyl (C=O) groups excluding carboxylic acids is 1. The van der Waals surface area contributed by atoms with Crippen LogP contribution in [0.2, 0.25) is 10.0 Å². The summed E-state index contributed by atoms with van der Waals surface area (Å²) in [4.78, 5) is 14.0. The Kier molecular flexibility index (Phi) is 9.74. The maximum atomic E-state index is 13.6. The Morgan fingerprint density at radius 1 is 1.00 bits per heavy atom. The lowest BCUT2D eigenvalue weighted by molar-refractivity contribution is -0.119. The van der Waals surface area contributed by atoms with E-state index in [9.17, 15) is 13.2 Å². The van der Waals surface area contributed by atoms with Gasteiger partial charge in [-0.3, -0.25) is 9.10 Å². The van der Waals surface area contributed by atoms with Gasteiger partial charge in [0.1, 0.15) is 12.3 Å². The van der Waals surface area contributed by atoms with Crippen molar-refractivity contribution in [2.45, 2.75) is 23.1 Å². The third-order valence-electron chi connectivity index (χ3n) is 5.03. The van der Waals surface area contributed by atoms with Gasteiger partial charge in [-0.25, -0.2) is 8.42 Å². The largest absolute Gasteiger partial charge is 0.495 e. The standard InChI is InChI=1S/C25H26Cl2N2O4S2/c1-18-4-11-22(12-5-18)35(31,32)29(23-16-20(27)8-13-24(23)33-2)17-25(30)28-14-3-15-34-21-9-6-19(26)7-10-21/h4-13,16H,3,14-15,17H2,1-2H3,(H,28,30). The Bertz CT molecular complexity index is 1250. The molecule has 0 aliphatic carbocycles. The van der Waals surface area contributed by atoms with Crippen LogP contribution >= 0.6 is 35.0 Å². The number of halogens is 2. The molecule has 0 aliphatic rings. The minimum absolute atomic E-state index is 0.0669. The van der Waals surface area contributed by atoms with E-state index in [0.717, 1.165) is 20.5 Å². The van der Waals surface area contributed by atoms with Crippen LogP contribution in [0.15, 0.2) is 76.5 Å². The van der Waals surface area contributed by atoms with E-state index < -0.39 is 22.5 Å². The molecular weight excluding hydrogens is 527 g/mol. The SMILES string of the molecule is COc1ccc(Cl)cc1N(CC(=O)NCCCSc1ccc(Cl)cc1)S(=O)(=O)c1ccc(C)cc1. The van der Waals surface area contributed by atoms with Crippen LogP contribution in [0, 0.1) is 6.92 Å². The van der Waals surface area contributed by atoms with Crippen molar-refractivity contribution in [3.05, 3.63) is 82.3 Å². The smallest absolute Gasteiger partial charge is 0.264 e. The summed E-state index contributed by atoms with van der Waals surface area (Å²) in [7, 11) is -2.64. The summed E-state index contributed by atoms with van der Waals surface area (Å²) in [6, 6.07) is 18.6. The third-order valence-corrected chi connectivity index (χ3v) is 8.39. The fourth-order valence-corrected chi connectivity index (χ4v) is 5.77. The highest BCUT2D eigenvalue weighted by Gasteiger charge is 2.29. The van der Waals surface area contributed by atoms with Crippen LogP contribution in [0.1, 0.15) is 12.0 Å². The Hall–Kier alpha value is -2.39. The Balaban J connectivity index is 1.72. The number of sulfonamides is 1. The third kappa shape index (κ3) is 7.54. The molecule has 3 rings (SSSR count). The summed E-state index contributed by atoms with van der Waals surface area (Å²) < 4.78 is 33.5. The van der Waals surface area contributed by atoms with Crippen LogP contribution in [-0.2, 0) is 14.8 Å². The highest BCUT2D eigenvalue weighted by Crippen LogP contribution is 2.34.